The number of halogens is 2. The van der Waals surface area contributed by atoms with E-state index in [9.17, 15) is 9.59 Å². The molecule has 0 spiro atoms. The number of nitrogens with zero attached hydrogens (tertiary/aromatic N) is 3. The van der Waals surface area contributed by atoms with Crippen LogP contribution in [0, 0.1) is 6.92 Å². The monoisotopic (exact) mass is 565 g/mol. The minimum atomic E-state index is -0.816. The van der Waals surface area contributed by atoms with Crippen LogP contribution in [-0.4, -0.2) is 41.7 Å². The van der Waals surface area contributed by atoms with Gasteiger partial charge in [0.1, 0.15) is 5.82 Å². The molecule has 0 fully saturated rings. The van der Waals surface area contributed by atoms with Crippen molar-refractivity contribution in [3.63, 3.8) is 0 Å². The predicted octanol–water partition coefficient (Wildman–Crippen LogP) is 4.45. The molecular formula is C22H21Br2N3O5. The summed E-state index contributed by atoms with van der Waals surface area (Å²) in [6.07, 6.45) is 0.704. The number of methoxy groups -OCH3 is 1. The van der Waals surface area contributed by atoms with Crippen molar-refractivity contribution in [2.45, 2.75) is 26.9 Å². The lowest BCUT2D eigenvalue weighted by Gasteiger charge is -2.17. The van der Waals surface area contributed by atoms with Crippen molar-refractivity contribution >= 4 is 54.9 Å². The second-order valence-corrected chi connectivity index (χ2v) is 8.50. The maximum absolute atomic E-state index is 12.9. The third-order valence-electron chi connectivity index (χ3n) is 4.46. The quantitative estimate of drug-likeness (QED) is 0.310. The fourth-order valence-electron chi connectivity index (χ4n) is 2.93. The van der Waals surface area contributed by atoms with E-state index < -0.39 is 12.1 Å². The average molecular weight is 567 g/mol. The van der Waals surface area contributed by atoms with E-state index >= 15 is 0 Å². The van der Waals surface area contributed by atoms with Crippen molar-refractivity contribution < 1.29 is 19.0 Å². The van der Waals surface area contributed by atoms with E-state index in [-0.39, 0.29) is 12.2 Å². The lowest BCUT2D eigenvalue weighted by Crippen LogP contribution is -2.26. The highest BCUT2D eigenvalue weighted by molar-refractivity contribution is 9.10. The predicted molar refractivity (Wildman–Crippen MR) is 129 cm³/mol. The molecule has 2 aromatic carbocycles. The largest absolute Gasteiger partial charge is 0.493 e. The molecule has 10 heteroatoms. The van der Waals surface area contributed by atoms with Gasteiger partial charge in [0.25, 0.3) is 5.56 Å². The first-order valence-electron chi connectivity index (χ1n) is 9.69. The van der Waals surface area contributed by atoms with E-state index in [4.69, 9.17) is 14.2 Å². The normalized spacial score (nSPS) is 12.2. The van der Waals surface area contributed by atoms with Crippen molar-refractivity contribution in [2.24, 2.45) is 5.10 Å². The van der Waals surface area contributed by atoms with Gasteiger partial charge in [0, 0.05) is 4.47 Å². The number of hydrogen-bond acceptors (Lipinski definition) is 7. The molecule has 168 valence electrons. The van der Waals surface area contributed by atoms with Gasteiger partial charge >= 0.3 is 5.97 Å². The highest BCUT2D eigenvalue weighted by Gasteiger charge is 2.20. The smallest absolute Gasteiger partial charge is 0.347 e. The van der Waals surface area contributed by atoms with Gasteiger partial charge in [0.2, 0.25) is 0 Å². The van der Waals surface area contributed by atoms with Crippen LogP contribution in [-0.2, 0) is 9.53 Å². The van der Waals surface area contributed by atoms with E-state index in [0.29, 0.717) is 38.3 Å². The number of rotatable bonds is 7. The van der Waals surface area contributed by atoms with Crippen molar-refractivity contribution in [1.82, 2.24) is 9.66 Å². The fourth-order valence-corrected chi connectivity index (χ4v) is 3.85. The zero-order valence-corrected chi connectivity index (χ0v) is 21.1. The molecule has 0 N–H and O–H groups in total. The number of fused-ring (bicyclic) bond motifs is 1. The van der Waals surface area contributed by atoms with Gasteiger partial charge in [-0.05, 0) is 72.6 Å². The number of hydrogen-bond donors (Lipinski definition) is 0. The van der Waals surface area contributed by atoms with Crippen molar-refractivity contribution in [3.05, 3.63) is 61.0 Å². The topological polar surface area (TPSA) is 92.0 Å². The summed E-state index contributed by atoms with van der Waals surface area (Å²) in [6, 6.07) is 8.75. The minimum absolute atomic E-state index is 0.263. The van der Waals surface area contributed by atoms with Crippen LogP contribution in [0.1, 0.15) is 25.2 Å². The van der Waals surface area contributed by atoms with E-state index in [0.717, 1.165) is 4.47 Å². The van der Waals surface area contributed by atoms with Gasteiger partial charge in [0.15, 0.2) is 17.6 Å². The maximum atomic E-state index is 12.9. The van der Waals surface area contributed by atoms with Crippen LogP contribution in [0.4, 0.5) is 0 Å². The van der Waals surface area contributed by atoms with Gasteiger partial charge in [-0.15, -0.1) is 0 Å². The molecule has 0 amide bonds. The average Bonchev–Trinajstić information content (AvgIpc) is 2.75. The Bertz CT molecular complexity index is 1260. The summed E-state index contributed by atoms with van der Waals surface area (Å²) >= 11 is 6.82. The Balaban J connectivity index is 1.95. The first-order valence-corrected chi connectivity index (χ1v) is 11.3. The first kappa shape index (κ1) is 23.9. The van der Waals surface area contributed by atoms with Crippen molar-refractivity contribution in [2.75, 3.05) is 13.7 Å². The Morgan fingerprint density at radius 2 is 2.03 bits per heavy atom. The number of esters is 1. The van der Waals surface area contributed by atoms with E-state index in [1.807, 2.05) is 6.07 Å². The number of carbonyl (C=O) groups excluding carboxylic acids is 1. The Morgan fingerprint density at radius 1 is 1.28 bits per heavy atom. The molecule has 0 radical (unpaired) electrons. The van der Waals surface area contributed by atoms with Gasteiger partial charge in [-0.25, -0.2) is 9.78 Å². The molecule has 8 nitrogen and oxygen atoms in total. The number of ether oxygens (including phenoxy) is 3. The maximum Gasteiger partial charge on any atom is 0.347 e. The van der Waals surface area contributed by atoms with Gasteiger partial charge in [-0.2, -0.15) is 9.78 Å². The zero-order valence-electron chi connectivity index (χ0n) is 17.9. The molecule has 0 bridgehead atoms. The highest BCUT2D eigenvalue weighted by Crippen LogP contribution is 2.37. The Kier molecular flexibility index (Phi) is 7.68. The Hall–Kier alpha value is -2.72. The zero-order chi connectivity index (χ0) is 23.4. The number of aromatic nitrogens is 2. The lowest BCUT2D eigenvalue weighted by molar-refractivity contribution is -0.150. The van der Waals surface area contributed by atoms with Crippen LogP contribution >= 0.6 is 31.9 Å². The molecule has 3 aromatic rings. The third-order valence-corrected chi connectivity index (χ3v) is 5.54. The summed E-state index contributed by atoms with van der Waals surface area (Å²) in [7, 11) is 1.49. The van der Waals surface area contributed by atoms with Crippen molar-refractivity contribution in [1.29, 1.82) is 0 Å². The second kappa shape index (κ2) is 10.3. The van der Waals surface area contributed by atoms with Crippen LogP contribution in [0.15, 0.2) is 49.2 Å². The highest BCUT2D eigenvalue weighted by atomic mass is 79.9. The standard InChI is InChI=1S/C22H21Br2N3O5/c1-5-31-22(29)12(2)32-20-17(24)8-14(9-19(20)30-4)11-25-27-13(3)26-18-7-6-15(23)10-16(18)21(27)28/h6-12H,5H2,1-4H3/t12-/m1/s1. The van der Waals surface area contributed by atoms with Crippen LogP contribution in [0.5, 0.6) is 11.5 Å². The van der Waals surface area contributed by atoms with Crippen LogP contribution in [0.25, 0.3) is 10.9 Å². The summed E-state index contributed by atoms with van der Waals surface area (Å²) < 4.78 is 18.7. The first-order chi connectivity index (χ1) is 15.2. The molecule has 0 aliphatic carbocycles. The number of carbonyl (C=O) groups is 1. The number of aryl methyl sites for hydroxylation is 1. The van der Waals surface area contributed by atoms with Gasteiger partial charge in [-0.3, -0.25) is 4.79 Å². The van der Waals surface area contributed by atoms with Gasteiger partial charge in [0.05, 0.1) is 35.3 Å². The molecule has 1 aromatic heterocycles. The molecule has 0 saturated heterocycles. The van der Waals surface area contributed by atoms with E-state index in [1.165, 1.54) is 18.0 Å². The molecule has 1 atom stereocenters. The molecule has 3 rings (SSSR count). The van der Waals surface area contributed by atoms with Gasteiger partial charge < -0.3 is 14.2 Å². The SMILES string of the molecule is CCOC(=O)[C@@H](C)Oc1c(Br)cc(C=Nn2c(C)nc3ccc(Br)cc3c2=O)cc1OC. The molecule has 0 unspecified atom stereocenters. The van der Waals surface area contributed by atoms with E-state index in [1.54, 1.807) is 45.0 Å². The molecule has 32 heavy (non-hydrogen) atoms. The fraction of sp³-hybridized carbons (Fsp3) is 0.273. The summed E-state index contributed by atoms with van der Waals surface area (Å²) in [4.78, 5) is 29.2. The Morgan fingerprint density at radius 3 is 2.72 bits per heavy atom. The van der Waals surface area contributed by atoms with Crippen LogP contribution < -0.4 is 15.0 Å². The van der Waals surface area contributed by atoms with Crippen LogP contribution in [0.2, 0.25) is 0 Å². The summed E-state index contributed by atoms with van der Waals surface area (Å²) in [5.74, 6) is 0.727. The van der Waals surface area contributed by atoms with Crippen LogP contribution in [0.3, 0.4) is 0 Å². The molecule has 1 heterocycles. The molecule has 0 aliphatic rings. The number of benzene rings is 2. The summed E-state index contributed by atoms with van der Waals surface area (Å²) in [6.45, 7) is 5.30. The Labute approximate surface area is 201 Å². The minimum Gasteiger partial charge on any atom is -0.493 e. The van der Waals surface area contributed by atoms with E-state index in [2.05, 4.69) is 41.9 Å². The van der Waals surface area contributed by atoms with Crippen molar-refractivity contribution in [3.8, 4) is 11.5 Å². The molecule has 0 aliphatic heterocycles. The molecular weight excluding hydrogens is 546 g/mol. The third kappa shape index (κ3) is 5.18. The second-order valence-electron chi connectivity index (χ2n) is 6.73. The molecule has 0 saturated carbocycles. The lowest BCUT2D eigenvalue weighted by atomic mass is 10.2. The summed E-state index contributed by atoms with van der Waals surface area (Å²) in [5, 5.41) is 4.78. The summed E-state index contributed by atoms with van der Waals surface area (Å²) in [5.41, 5.74) is 0.966. The van der Waals surface area contributed by atoms with Gasteiger partial charge in [-0.1, -0.05) is 15.9 Å².